The lowest BCUT2D eigenvalue weighted by Gasteiger charge is -2.15. The van der Waals surface area contributed by atoms with E-state index >= 15 is 0 Å². The Morgan fingerprint density at radius 3 is 2.30 bits per heavy atom. The second-order valence-electron chi connectivity index (χ2n) is 5.18. The molecule has 2 N–H and O–H groups in total. The summed E-state index contributed by atoms with van der Waals surface area (Å²) in [5.74, 6) is 1.82. The van der Waals surface area contributed by atoms with E-state index in [0.717, 1.165) is 16.7 Å². The maximum Gasteiger partial charge on any atom is 0.161 e. The summed E-state index contributed by atoms with van der Waals surface area (Å²) in [6, 6.07) is 10.8. The molecule has 2 aromatic carbocycles. The van der Waals surface area contributed by atoms with Crippen molar-refractivity contribution in [1.29, 1.82) is 0 Å². The van der Waals surface area contributed by atoms with Crippen LogP contribution in [-0.4, -0.2) is 24.4 Å². The number of hydrogen-bond acceptors (Lipinski definition) is 5. The second kappa shape index (κ2) is 7.85. The average molecular weight is 318 g/mol. The van der Waals surface area contributed by atoms with Crippen molar-refractivity contribution >= 4 is 0 Å². The highest BCUT2D eigenvalue weighted by molar-refractivity contribution is 5.44. The van der Waals surface area contributed by atoms with Crippen LogP contribution in [0.25, 0.3) is 0 Å². The molecular formula is C18H22O5. The fraction of sp³-hybridized carbons (Fsp3) is 0.333. The van der Waals surface area contributed by atoms with E-state index in [1.807, 2.05) is 12.1 Å². The Hall–Kier alpha value is -2.24. The first-order chi connectivity index (χ1) is 11.1. The largest absolute Gasteiger partial charge is 0.496 e. The fourth-order valence-corrected chi connectivity index (χ4v) is 2.23. The molecule has 2 aromatic rings. The zero-order chi connectivity index (χ0) is 16.8. The molecule has 0 heterocycles. The Kier molecular flexibility index (Phi) is 5.84. The van der Waals surface area contributed by atoms with Crippen molar-refractivity contribution < 1.29 is 24.4 Å². The first-order valence-electron chi connectivity index (χ1n) is 7.34. The predicted octanol–water partition coefficient (Wildman–Crippen LogP) is 2.83. The van der Waals surface area contributed by atoms with Crippen LogP contribution in [0, 0.1) is 0 Å². The van der Waals surface area contributed by atoms with E-state index in [2.05, 4.69) is 0 Å². The van der Waals surface area contributed by atoms with Gasteiger partial charge in [0.05, 0.1) is 26.9 Å². The Bertz CT molecular complexity index is 652. The molecule has 124 valence electrons. The first kappa shape index (κ1) is 17.1. The standard InChI is InChI=1S/C18H22O5/c1-12(20)14-5-6-15(17(9-14)21-2)11-23-16-7-4-13(10-19)8-18(16)22-3/h4-9,12,19-20H,10-11H2,1-3H3/t12-/m0/s1. The minimum atomic E-state index is -0.551. The zero-order valence-corrected chi connectivity index (χ0v) is 13.6. The minimum absolute atomic E-state index is 0.0503. The normalized spacial score (nSPS) is 11.9. The highest BCUT2D eigenvalue weighted by Crippen LogP contribution is 2.30. The molecule has 0 aromatic heterocycles. The number of rotatable bonds is 7. The molecule has 5 heteroatoms. The third kappa shape index (κ3) is 4.15. The van der Waals surface area contributed by atoms with Crippen molar-refractivity contribution in [3.8, 4) is 17.2 Å². The zero-order valence-electron chi connectivity index (χ0n) is 13.6. The van der Waals surface area contributed by atoms with Crippen LogP contribution in [-0.2, 0) is 13.2 Å². The van der Waals surface area contributed by atoms with E-state index in [1.165, 1.54) is 0 Å². The molecule has 0 aliphatic carbocycles. The Morgan fingerprint density at radius 2 is 1.70 bits per heavy atom. The summed E-state index contributed by atoms with van der Waals surface area (Å²) in [6.45, 7) is 1.96. The van der Waals surface area contributed by atoms with Crippen molar-refractivity contribution in [2.24, 2.45) is 0 Å². The molecule has 0 fully saturated rings. The van der Waals surface area contributed by atoms with E-state index in [0.29, 0.717) is 23.9 Å². The molecule has 2 rings (SSSR count). The number of aliphatic hydroxyl groups is 2. The molecule has 0 saturated carbocycles. The van der Waals surface area contributed by atoms with Crippen LogP contribution in [0.3, 0.4) is 0 Å². The molecule has 23 heavy (non-hydrogen) atoms. The lowest BCUT2D eigenvalue weighted by atomic mass is 10.1. The van der Waals surface area contributed by atoms with Crippen LogP contribution in [0.5, 0.6) is 17.2 Å². The topological polar surface area (TPSA) is 68.2 Å². The predicted molar refractivity (Wildman–Crippen MR) is 86.9 cm³/mol. The molecule has 5 nitrogen and oxygen atoms in total. The molecule has 0 radical (unpaired) electrons. The van der Waals surface area contributed by atoms with Gasteiger partial charge in [0, 0.05) is 5.56 Å². The van der Waals surface area contributed by atoms with Gasteiger partial charge in [0.1, 0.15) is 12.4 Å². The van der Waals surface area contributed by atoms with Gasteiger partial charge in [-0.1, -0.05) is 18.2 Å². The van der Waals surface area contributed by atoms with Gasteiger partial charge in [-0.05, 0) is 36.2 Å². The van der Waals surface area contributed by atoms with Crippen LogP contribution >= 0.6 is 0 Å². The summed E-state index contributed by atoms with van der Waals surface area (Å²) in [6.07, 6.45) is -0.551. The molecule has 0 bridgehead atoms. The van der Waals surface area contributed by atoms with E-state index in [9.17, 15) is 5.11 Å². The molecule has 0 aliphatic heterocycles. The molecular weight excluding hydrogens is 296 g/mol. The van der Waals surface area contributed by atoms with Gasteiger partial charge in [0.15, 0.2) is 11.5 Å². The third-order valence-electron chi connectivity index (χ3n) is 3.59. The molecule has 0 spiro atoms. The van der Waals surface area contributed by atoms with Crippen LogP contribution in [0.15, 0.2) is 36.4 Å². The summed E-state index contributed by atoms with van der Waals surface area (Å²) in [4.78, 5) is 0. The molecule has 1 atom stereocenters. The van der Waals surface area contributed by atoms with Gasteiger partial charge in [-0.15, -0.1) is 0 Å². The second-order valence-corrected chi connectivity index (χ2v) is 5.18. The summed E-state index contributed by atoms with van der Waals surface area (Å²) in [5, 5.41) is 18.8. The number of aliphatic hydroxyl groups excluding tert-OH is 2. The van der Waals surface area contributed by atoms with E-state index < -0.39 is 6.10 Å². The fourth-order valence-electron chi connectivity index (χ4n) is 2.23. The van der Waals surface area contributed by atoms with Crippen molar-refractivity contribution in [3.63, 3.8) is 0 Å². The van der Waals surface area contributed by atoms with Crippen molar-refractivity contribution in [1.82, 2.24) is 0 Å². The van der Waals surface area contributed by atoms with E-state index in [-0.39, 0.29) is 6.61 Å². The molecule has 0 unspecified atom stereocenters. The summed E-state index contributed by atoms with van der Waals surface area (Å²) >= 11 is 0. The maximum absolute atomic E-state index is 9.64. The van der Waals surface area contributed by atoms with E-state index in [4.69, 9.17) is 19.3 Å². The van der Waals surface area contributed by atoms with Crippen LogP contribution < -0.4 is 14.2 Å². The van der Waals surface area contributed by atoms with Gasteiger partial charge in [-0.3, -0.25) is 0 Å². The first-order valence-corrected chi connectivity index (χ1v) is 7.34. The monoisotopic (exact) mass is 318 g/mol. The quantitative estimate of drug-likeness (QED) is 0.821. The van der Waals surface area contributed by atoms with Gasteiger partial charge >= 0.3 is 0 Å². The Morgan fingerprint density at radius 1 is 0.957 bits per heavy atom. The molecule has 0 amide bonds. The van der Waals surface area contributed by atoms with Gasteiger partial charge in [-0.2, -0.15) is 0 Å². The van der Waals surface area contributed by atoms with Crippen molar-refractivity contribution in [2.75, 3.05) is 14.2 Å². The maximum atomic E-state index is 9.64. The smallest absolute Gasteiger partial charge is 0.161 e. The van der Waals surface area contributed by atoms with Gasteiger partial charge in [-0.25, -0.2) is 0 Å². The van der Waals surface area contributed by atoms with E-state index in [1.54, 1.807) is 45.4 Å². The third-order valence-corrected chi connectivity index (χ3v) is 3.59. The van der Waals surface area contributed by atoms with Crippen molar-refractivity contribution in [2.45, 2.75) is 26.2 Å². The lowest BCUT2D eigenvalue weighted by molar-refractivity contribution is 0.198. The molecule has 0 saturated heterocycles. The average Bonchev–Trinajstić information content (AvgIpc) is 2.59. The number of ether oxygens (including phenoxy) is 3. The highest BCUT2D eigenvalue weighted by Gasteiger charge is 2.10. The highest BCUT2D eigenvalue weighted by atomic mass is 16.5. The van der Waals surface area contributed by atoms with Crippen LogP contribution in [0.2, 0.25) is 0 Å². The van der Waals surface area contributed by atoms with Gasteiger partial charge in [0.25, 0.3) is 0 Å². The number of benzene rings is 2. The number of hydrogen-bond donors (Lipinski definition) is 2. The Labute approximate surface area is 136 Å². The SMILES string of the molecule is COc1cc([C@H](C)O)ccc1COc1ccc(CO)cc1OC. The summed E-state index contributed by atoms with van der Waals surface area (Å²) in [5.41, 5.74) is 2.41. The lowest BCUT2D eigenvalue weighted by Crippen LogP contribution is -2.02. The van der Waals surface area contributed by atoms with Crippen LogP contribution in [0.1, 0.15) is 29.7 Å². The van der Waals surface area contributed by atoms with Gasteiger partial charge < -0.3 is 24.4 Å². The van der Waals surface area contributed by atoms with Crippen molar-refractivity contribution in [3.05, 3.63) is 53.1 Å². The molecule has 0 aliphatic rings. The summed E-state index contributed by atoms with van der Waals surface area (Å²) < 4.78 is 16.5. The minimum Gasteiger partial charge on any atom is -0.496 e. The van der Waals surface area contributed by atoms with Gasteiger partial charge in [0.2, 0.25) is 0 Å². The summed E-state index contributed by atoms with van der Waals surface area (Å²) in [7, 11) is 3.14. The Balaban J connectivity index is 2.17. The van der Waals surface area contributed by atoms with Crippen LogP contribution in [0.4, 0.5) is 0 Å². The number of methoxy groups -OCH3 is 2.